The molecule has 2 heterocycles. The summed E-state index contributed by atoms with van der Waals surface area (Å²) >= 11 is 0. The number of nitrogens with zero attached hydrogens (tertiary/aromatic N) is 3. The number of hydrogen-bond acceptors (Lipinski definition) is 6. The van der Waals surface area contributed by atoms with Gasteiger partial charge in [0.15, 0.2) is 11.6 Å². The maximum absolute atomic E-state index is 11.1. The predicted molar refractivity (Wildman–Crippen MR) is 97.5 cm³/mol. The molecule has 0 saturated carbocycles. The van der Waals surface area contributed by atoms with Crippen LogP contribution >= 0.6 is 0 Å². The second-order valence-electron chi connectivity index (χ2n) is 6.34. The molecule has 2 aromatic rings. The molecule has 0 bridgehead atoms. The Kier molecular flexibility index (Phi) is 5.02. The zero-order chi connectivity index (χ0) is 17.8. The molecule has 0 radical (unpaired) electrons. The average Bonchev–Trinajstić information content (AvgIpc) is 2.64. The number of anilines is 3. The number of piperidine rings is 1. The minimum Gasteiger partial charge on any atom is -0.481 e. The first-order chi connectivity index (χ1) is 12.1. The summed E-state index contributed by atoms with van der Waals surface area (Å²) in [6.45, 7) is 3.31. The van der Waals surface area contributed by atoms with Gasteiger partial charge < -0.3 is 21.1 Å². The Morgan fingerprint density at radius 2 is 1.96 bits per heavy atom. The lowest BCUT2D eigenvalue weighted by Gasteiger charge is -2.32. The number of carbonyl (C=O) groups is 1. The molecule has 1 atom stereocenters. The van der Waals surface area contributed by atoms with E-state index in [9.17, 15) is 4.79 Å². The number of nitrogens with two attached hydrogens (primary N) is 1. The van der Waals surface area contributed by atoms with E-state index in [1.54, 1.807) is 0 Å². The van der Waals surface area contributed by atoms with Gasteiger partial charge in [0.1, 0.15) is 12.0 Å². The molecule has 1 aliphatic rings. The molecule has 4 N–H and O–H groups in total. The Bertz CT molecular complexity index is 730. The van der Waals surface area contributed by atoms with Gasteiger partial charge in [0, 0.05) is 13.1 Å². The van der Waals surface area contributed by atoms with E-state index < -0.39 is 5.97 Å². The van der Waals surface area contributed by atoms with Crippen LogP contribution in [-0.2, 0) is 4.79 Å². The van der Waals surface area contributed by atoms with Crippen molar-refractivity contribution >= 4 is 23.3 Å². The number of carboxylic acid groups (broad SMARTS) is 1. The predicted octanol–water partition coefficient (Wildman–Crippen LogP) is 2.53. The Balaban J connectivity index is 1.73. The molecule has 0 amide bonds. The highest BCUT2D eigenvalue weighted by atomic mass is 16.4. The van der Waals surface area contributed by atoms with Crippen LogP contribution < -0.4 is 16.0 Å². The molecule has 3 rings (SSSR count). The lowest BCUT2D eigenvalue weighted by atomic mass is 9.97. The first-order valence-electron chi connectivity index (χ1n) is 8.46. The monoisotopic (exact) mass is 341 g/mol. The van der Waals surface area contributed by atoms with Crippen molar-refractivity contribution in [3.63, 3.8) is 0 Å². The third kappa shape index (κ3) is 3.81. The van der Waals surface area contributed by atoms with Crippen LogP contribution in [0.2, 0.25) is 0 Å². The normalized spacial score (nSPS) is 16.4. The Morgan fingerprint density at radius 3 is 2.60 bits per heavy atom. The molecule has 1 aromatic carbocycles. The average molecular weight is 341 g/mol. The largest absolute Gasteiger partial charge is 0.481 e. The molecular formula is C18H23N5O2. The molecule has 1 unspecified atom stereocenters. The molecule has 25 heavy (non-hydrogen) atoms. The number of benzene rings is 1. The number of aliphatic carboxylic acids is 1. The van der Waals surface area contributed by atoms with Crippen molar-refractivity contribution in [1.82, 2.24) is 9.97 Å². The Labute approximate surface area is 146 Å². The van der Waals surface area contributed by atoms with E-state index in [1.807, 2.05) is 35.2 Å². The Hall–Kier alpha value is -2.83. The zero-order valence-electron chi connectivity index (χ0n) is 14.2. The molecular weight excluding hydrogens is 318 g/mol. The van der Waals surface area contributed by atoms with Gasteiger partial charge in [0.25, 0.3) is 0 Å². The van der Waals surface area contributed by atoms with Crippen molar-refractivity contribution < 1.29 is 9.90 Å². The highest BCUT2D eigenvalue weighted by Gasteiger charge is 2.26. The molecule has 132 valence electrons. The molecule has 1 saturated heterocycles. The van der Waals surface area contributed by atoms with E-state index in [0.29, 0.717) is 43.3 Å². The van der Waals surface area contributed by atoms with Gasteiger partial charge in [0.05, 0.1) is 12.0 Å². The summed E-state index contributed by atoms with van der Waals surface area (Å²) in [7, 11) is 0. The molecule has 7 heteroatoms. The fraction of sp³-hybridized carbons (Fsp3) is 0.389. The van der Waals surface area contributed by atoms with Crippen LogP contribution in [0.15, 0.2) is 36.7 Å². The van der Waals surface area contributed by atoms with Crippen LogP contribution in [0, 0.1) is 5.92 Å². The van der Waals surface area contributed by atoms with E-state index in [2.05, 4.69) is 22.2 Å². The van der Waals surface area contributed by atoms with Crippen molar-refractivity contribution in [3.05, 3.63) is 42.2 Å². The van der Waals surface area contributed by atoms with Crippen LogP contribution in [0.1, 0.15) is 31.4 Å². The Morgan fingerprint density at radius 1 is 1.28 bits per heavy atom. The smallest absolute Gasteiger partial charge is 0.306 e. The maximum atomic E-state index is 11.1. The number of carboxylic acids is 1. The third-order valence-corrected chi connectivity index (χ3v) is 4.66. The second kappa shape index (κ2) is 7.38. The molecule has 1 aliphatic heterocycles. The minimum atomic E-state index is -0.727. The standard InChI is InChI=1S/C18H23N5O2/c1-12(13-5-3-2-4-6-13)22-16-15(19)17(21-11-20-16)23-9-7-14(8-10-23)18(24)25/h2-6,11-12,14H,7-10,19H2,1H3,(H,24,25)(H,20,21,22). The lowest BCUT2D eigenvalue weighted by Crippen LogP contribution is -2.37. The maximum Gasteiger partial charge on any atom is 0.306 e. The summed E-state index contributed by atoms with van der Waals surface area (Å²) in [4.78, 5) is 21.7. The summed E-state index contributed by atoms with van der Waals surface area (Å²) in [5.41, 5.74) is 7.93. The summed E-state index contributed by atoms with van der Waals surface area (Å²) in [5.74, 6) is 0.257. The molecule has 7 nitrogen and oxygen atoms in total. The molecule has 1 aromatic heterocycles. The van der Waals surface area contributed by atoms with Crippen LogP contribution in [0.4, 0.5) is 17.3 Å². The van der Waals surface area contributed by atoms with Gasteiger partial charge in [-0.1, -0.05) is 30.3 Å². The van der Waals surface area contributed by atoms with Gasteiger partial charge in [-0.15, -0.1) is 0 Å². The number of aromatic nitrogens is 2. The fourth-order valence-electron chi connectivity index (χ4n) is 3.12. The highest BCUT2D eigenvalue weighted by Crippen LogP contribution is 2.31. The highest BCUT2D eigenvalue weighted by molar-refractivity contribution is 5.76. The molecule has 1 fully saturated rings. The number of nitrogen functional groups attached to an aromatic ring is 1. The SMILES string of the molecule is CC(Nc1ncnc(N2CCC(C(=O)O)CC2)c1N)c1ccccc1. The van der Waals surface area contributed by atoms with E-state index in [4.69, 9.17) is 10.8 Å². The van der Waals surface area contributed by atoms with Crippen molar-refractivity contribution in [1.29, 1.82) is 0 Å². The second-order valence-corrected chi connectivity index (χ2v) is 6.34. The van der Waals surface area contributed by atoms with Gasteiger partial charge in [-0.2, -0.15) is 0 Å². The third-order valence-electron chi connectivity index (χ3n) is 4.66. The van der Waals surface area contributed by atoms with E-state index in [0.717, 1.165) is 5.56 Å². The van der Waals surface area contributed by atoms with Crippen molar-refractivity contribution in [2.24, 2.45) is 5.92 Å². The van der Waals surface area contributed by atoms with Gasteiger partial charge in [-0.3, -0.25) is 4.79 Å². The number of rotatable bonds is 5. The summed E-state index contributed by atoms with van der Waals surface area (Å²) in [5, 5.41) is 12.5. The number of nitrogens with one attached hydrogen (secondary N) is 1. The summed E-state index contributed by atoms with van der Waals surface area (Å²) in [6.07, 6.45) is 2.69. The first kappa shape index (κ1) is 17.0. The zero-order valence-corrected chi connectivity index (χ0v) is 14.2. The fourth-order valence-corrected chi connectivity index (χ4v) is 3.12. The van der Waals surface area contributed by atoms with Gasteiger partial charge >= 0.3 is 5.97 Å². The van der Waals surface area contributed by atoms with E-state index >= 15 is 0 Å². The van der Waals surface area contributed by atoms with Crippen molar-refractivity contribution in [3.8, 4) is 0 Å². The topological polar surface area (TPSA) is 104 Å². The van der Waals surface area contributed by atoms with Crippen LogP contribution in [0.3, 0.4) is 0 Å². The minimum absolute atomic E-state index is 0.0593. The van der Waals surface area contributed by atoms with Crippen LogP contribution in [0.25, 0.3) is 0 Å². The number of hydrogen-bond donors (Lipinski definition) is 3. The van der Waals surface area contributed by atoms with Crippen molar-refractivity contribution in [2.45, 2.75) is 25.8 Å². The summed E-state index contributed by atoms with van der Waals surface area (Å²) < 4.78 is 0. The van der Waals surface area contributed by atoms with Gasteiger partial charge in [-0.05, 0) is 25.3 Å². The molecule has 0 spiro atoms. The summed E-state index contributed by atoms with van der Waals surface area (Å²) in [6, 6.07) is 10.1. The van der Waals surface area contributed by atoms with Gasteiger partial charge in [-0.25, -0.2) is 9.97 Å². The van der Waals surface area contributed by atoms with Crippen LogP contribution in [-0.4, -0.2) is 34.1 Å². The lowest BCUT2D eigenvalue weighted by molar-refractivity contribution is -0.142. The molecule has 0 aliphatic carbocycles. The quantitative estimate of drug-likeness (QED) is 0.767. The van der Waals surface area contributed by atoms with E-state index in [1.165, 1.54) is 6.33 Å². The van der Waals surface area contributed by atoms with Crippen molar-refractivity contribution in [2.75, 3.05) is 29.0 Å². The van der Waals surface area contributed by atoms with E-state index in [-0.39, 0.29) is 12.0 Å². The first-order valence-corrected chi connectivity index (χ1v) is 8.46. The van der Waals surface area contributed by atoms with Gasteiger partial charge in [0.2, 0.25) is 0 Å². The van der Waals surface area contributed by atoms with Crippen LogP contribution in [0.5, 0.6) is 0 Å².